The maximum absolute atomic E-state index is 6.49. The highest BCUT2D eigenvalue weighted by atomic mass is 16.3. The summed E-state index contributed by atoms with van der Waals surface area (Å²) in [5, 5.41) is 7.05. The SMILES string of the molecule is c1ccc(N(c2ccc(-c3cc4ccccc4c4oc5ccccc5c34)cc2)c2ccc3c(c2)c2ccccc2n3-c2ccccc2)cc1. The number of hydrogen-bond acceptors (Lipinski definition) is 2. The van der Waals surface area contributed by atoms with Gasteiger partial charge >= 0.3 is 0 Å². The molecule has 8 aromatic carbocycles. The number of fused-ring (bicyclic) bond motifs is 8. The zero-order chi connectivity index (χ0) is 32.3. The molecule has 2 aromatic heterocycles. The predicted molar refractivity (Wildman–Crippen MR) is 206 cm³/mol. The van der Waals surface area contributed by atoms with E-state index < -0.39 is 0 Å². The van der Waals surface area contributed by atoms with E-state index in [1.807, 2.05) is 6.07 Å². The molecule has 2 heterocycles. The molecule has 10 aromatic rings. The van der Waals surface area contributed by atoms with Crippen LogP contribution < -0.4 is 4.90 Å². The van der Waals surface area contributed by atoms with E-state index in [-0.39, 0.29) is 0 Å². The molecule has 0 saturated heterocycles. The molecule has 0 aliphatic rings. The standard InChI is InChI=1S/C46H30N2O/c1-3-14-33(15-4-1)47(36-27-28-43-41(30-36)38-19-9-11-21-42(38)48(43)34-16-5-2-6-17-34)35-25-23-31(24-26-35)40-29-32-13-7-8-18-37(32)46-45(40)39-20-10-12-22-44(39)49-46/h1-30H. The van der Waals surface area contributed by atoms with Crippen LogP contribution in [-0.2, 0) is 0 Å². The van der Waals surface area contributed by atoms with Gasteiger partial charge in [0.25, 0.3) is 0 Å². The Morgan fingerprint density at radius 2 is 1.04 bits per heavy atom. The van der Waals surface area contributed by atoms with Crippen LogP contribution in [0.5, 0.6) is 0 Å². The molecule has 0 bridgehead atoms. The van der Waals surface area contributed by atoms with Gasteiger partial charge in [0.05, 0.1) is 11.0 Å². The first-order valence-electron chi connectivity index (χ1n) is 16.7. The highest BCUT2D eigenvalue weighted by Crippen LogP contribution is 2.43. The Kier molecular flexibility index (Phi) is 6.18. The van der Waals surface area contributed by atoms with Crippen LogP contribution in [0.25, 0.3) is 71.3 Å². The minimum absolute atomic E-state index is 0.908. The molecule has 3 heteroatoms. The van der Waals surface area contributed by atoms with E-state index in [2.05, 4.69) is 185 Å². The lowest BCUT2D eigenvalue weighted by Gasteiger charge is -2.26. The predicted octanol–water partition coefficient (Wildman–Crippen LogP) is 13.0. The second-order valence-corrected chi connectivity index (χ2v) is 12.6. The molecule has 0 saturated carbocycles. The van der Waals surface area contributed by atoms with Crippen molar-refractivity contribution in [2.24, 2.45) is 0 Å². The summed E-state index contributed by atoms with van der Waals surface area (Å²) in [7, 11) is 0. The lowest BCUT2D eigenvalue weighted by molar-refractivity contribution is 0.673. The largest absolute Gasteiger partial charge is 0.455 e. The molecule has 0 aliphatic carbocycles. The summed E-state index contributed by atoms with van der Waals surface area (Å²) in [5.41, 5.74) is 11.0. The van der Waals surface area contributed by atoms with E-state index in [1.165, 1.54) is 32.8 Å². The van der Waals surface area contributed by atoms with Gasteiger partial charge in [0.1, 0.15) is 11.2 Å². The Labute approximate surface area is 283 Å². The molecule has 0 amide bonds. The van der Waals surface area contributed by atoms with Crippen LogP contribution >= 0.6 is 0 Å². The number of para-hydroxylation sites is 4. The van der Waals surface area contributed by atoms with Crippen molar-refractivity contribution in [2.45, 2.75) is 0 Å². The summed E-state index contributed by atoms with van der Waals surface area (Å²) in [5.74, 6) is 0. The van der Waals surface area contributed by atoms with Gasteiger partial charge in [-0.15, -0.1) is 0 Å². The lowest BCUT2D eigenvalue weighted by atomic mass is 9.95. The van der Waals surface area contributed by atoms with Gasteiger partial charge in [-0.3, -0.25) is 0 Å². The molecule has 0 N–H and O–H groups in total. The number of benzene rings is 8. The van der Waals surface area contributed by atoms with Gasteiger partial charge in [-0.2, -0.15) is 0 Å². The summed E-state index contributed by atoms with van der Waals surface area (Å²) < 4.78 is 8.85. The molecule has 230 valence electrons. The summed E-state index contributed by atoms with van der Waals surface area (Å²) in [6, 6.07) is 64.9. The summed E-state index contributed by atoms with van der Waals surface area (Å²) in [4.78, 5) is 2.35. The molecule has 0 spiro atoms. The zero-order valence-electron chi connectivity index (χ0n) is 26.6. The third-order valence-electron chi connectivity index (χ3n) is 9.75. The van der Waals surface area contributed by atoms with Gasteiger partial charge in [-0.25, -0.2) is 0 Å². The second kappa shape index (κ2) is 11.0. The van der Waals surface area contributed by atoms with Crippen LogP contribution in [0.1, 0.15) is 0 Å². The van der Waals surface area contributed by atoms with Crippen molar-refractivity contribution < 1.29 is 4.42 Å². The van der Waals surface area contributed by atoms with Crippen LogP contribution in [0.15, 0.2) is 186 Å². The van der Waals surface area contributed by atoms with Crippen molar-refractivity contribution >= 4 is 71.6 Å². The Morgan fingerprint density at radius 3 is 1.86 bits per heavy atom. The molecule has 0 aliphatic heterocycles. The maximum atomic E-state index is 6.49. The zero-order valence-corrected chi connectivity index (χ0v) is 26.6. The molecular weight excluding hydrogens is 597 g/mol. The highest BCUT2D eigenvalue weighted by Gasteiger charge is 2.19. The molecule has 3 nitrogen and oxygen atoms in total. The van der Waals surface area contributed by atoms with Gasteiger partial charge in [0, 0.05) is 49.7 Å². The molecule has 0 fully saturated rings. The van der Waals surface area contributed by atoms with Crippen LogP contribution in [0.2, 0.25) is 0 Å². The lowest BCUT2D eigenvalue weighted by Crippen LogP contribution is -2.09. The smallest absolute Gasteiger partial charge is 0.143 e. The molecule has 0 radical (unpaired) electrons. The van der Waals surface area contributed by atoms with E-state index in [9.17, 15) is 0 Å². The maximum Gasteiger partial charge on any atom is 0.143 e. The Morgan fingerprint density at radius 1 is 0.429 bits per heavy atom. The fourth-order valence-electron chi connectivity index (χ4n) is 7.56. The fourth-order valence-corrected chi connectivity index (χ4v) is 7.56. The minimum atomic E-state index is 0.908. The number of aromatic nitrogens is 1. The number of anilines is 3. The van der Waals surface area contributed by atoms with E-state index in [4.69, 9.17) is 4.42 Å². The van der Waals surface area contributed by atoms with Crippen molar-refractivity contribution in [1.82, 2.24) is 4.57 Å². The van der Waals surface area contributed by atoms with Crippen molar-refractivity contribution in [1.29, 1.82) is 0 Å². The minimum Gasteiger partial charge on any atom is -0.455 e. The van der Waals surface area contributed by atoms with Gasteiger partial charge in [0.15, 0.2) is 0 Å². The van der Waals surface area contributed by atoms with Gasteiger partial charge in [-0.1, -0.05) is 109 Å². The highest BCUT2D eigenvalue weighted by molar-refractivity contribution is 6.21. The van der Waals surface area contributed by atoms with Crippen LogP contribution in [0.3, 0.4) is 0 Å². The number of nitrogens with zero attached hydrogens (tertiary/aromatic N) is 2. The summed E-state index contributed by atoms with van der Waals surface area (Å²) >= 11 is 0. The molecule has 0 unspecified atom stereocenters. The Bertz CT molecular complexity index is 2810. The van der Waals surface area contributed by atoms with Gasteiger partial charge < -0.3 is 13.9 Å². The van der Waals surface area contributed by atoms with E-state index in [0.717, 1.165) is 55.6 Å². The van der Waals surface area contributed by atoms with Crippen molar-refractivity contribution in [3.63, 3.8) is 0 Å². The van der Waals surface area contributed by atoms with Crippen molar-refractivity contribution in [2.75, 3.05) is 4.90 Å². The third kappa shape index (κ3) is 4.37. The van der Waals surface area contributed by atoms with E-state index in [0.29, 0.717) is 0 Å². The number of rotatable bonds is 5. The number of hydrogen-bond donors (Lipinski definition) is 0. The summed E-state index contributed by atoms with van der Waals surface area (Å²) in [6.45, 7) is 0. The Hall–Kier alpha value is -6.58. The normalized spacial score (nSPS) is 11.7. The van der Waals surface area contributed by atoms with Crippen LogP contribution in [0, 0.1) is 0 Å². The molecule has 10 rings (SSSR count). The molecular formula is C46H30N2O. The molecule has 49 heavy (non-hydrogen) atoms. The third-order valence-corrected chi connectivity index (χ3v) is 9.75. The quantitative estimate of drug-likeness (QED) is 0.190. The van der Waals surface area contributed by atoms with Crippen molar-refractivity contribution in [3.8, 4) is 16.8 Å². The first-order valence-corrected chi connectivity index (χ1v) is 16.7. The number of furan rings is 1. The van der Waals surface area contributed by atoms with E-state index in [1.54, 1.807) is 0 Å². The summed E-state index contributed by atoms with van der Waals surface area (Å²) in [6.07, 6.45) is 0. The first-order chi connectivity index (χ1) is 24.3. The topological polar surface area (TPSA) is 21.3 Å². The average molecular weight is 627 g/mol. The van der Waals surface area contributed by atoms with Crippen molar-refractivity contribution in [3.05, 3.63) is 182 Å². The van der Waals surface area contributed by atoms with Crippen LogP contribution in [-0.4, -0.2) is 4.57 Å². The van der Waals surface area contributed by atoms with Crippen LogP contribution in [0.4, 0.5) is 17.1 Å². The first kappa shape index (κ1) is 27.5. The van der Waals surface area contributed by atoms with Gasteiger partial charge in [0.2, 0.25) is 0 Å². The van der Waals surface area contributed by atoms with Gasteiger partial charge in [-0.05, 0) is 89.3 Å². The molecule has 0 atom stereocenters. The monoisotopic (exact) mass is 626 g/mol. The fraction of sp³-hybridized carbons (Fsp3) is 0. The average Bonchev–Trinajstić information content (AvgIpc) is 3.72. The second-order valence-electron chi connectivity index (χ2n) is 12.6. The Balaban J connectivity index is 1.15. The van der Waals surface area contributed by atoms with E-state index >= 15 is 0 Å².